The minimum Gasteiger partial charge on any atom is -0.488 e. The average Bonchev–Trinajstić information content (AvgIpc) is 2.26. The summed E-state index contributed by atoms with van der Waals surface area (Å²) in [5.74, 6) is 0.843. The lowest BCUT2D eigenvalue weighted by Gasteiger charge is -2.41. The number of ether oxygens (including phenoxy) is 2. The number of nitrogens with two attached hydrogens (primary N) is 1. The van der Waals surface area contributed by atoms with Crippen LogP contribution in [0.4, 0.5) is 0 Å². The fourth-order valence-electron chi connectivity index (χ4n) is 2.02. The molecule has 1 fully saturated rings. The van der Waals surface area contributed by atoms with E-state index in [1.165, 1.54) is 0 Å². The molecule has 1 aliphatic heterocycles. The van der Waals surface area contributed by atoms with E-state index in [4.69, 9.17) is 15.2 Å². The SMILES string of the molecule is CC(C)(C)Oc1ccc(C[C@H](N)C2(O)COC2)cc1. The van der Waals surface area contributed by atoms with Crippen LogP contribution in [0.25, 0.3) is 0 Å². The van der Waals surface area contributed by atoms with Crippen LogP contribution in [-0.4, -0.2) is 35.6 Å². The first-order valence-electron chi connectivity index (χ1n) is 6.62. The monoisotopic (exact) mass is 265 g/mol. The van der Waals surface area contributed by atoms with Crippen molar-refractivity contribution in [1.29, 1.82) is 0 Å². The number of hydrogen-bond acceptors (Lipinski definition) is 4. The molecule has 1 aliphatic rings. The number of hydrogen-bond donors (Lipinski definition) is 2. The van der Waals surface area contributed by atoms with E-state index in [1.54, 1.807) is 0 Å². The van der Waals surface area contributed by atoms with Crippen molar-refractivity contribution in [2.75, 3.05) is 13.2 Å². The molecule has 0 bridgehead atoms. The Hall–Kier alpha value is -1.10. The first-order chi connectivity index (χ1) is 8.78. The van der Waals surface area contributed by atoms with Crippen molar-refractivity contribution in [1.82, 2.24) is 0 Å². The van der Waals surface area contributed by atoms with Crippen molar-refractivity contribution in [3.05, 3.63) is 29.8 Å². The Labute approximate surface area is 114 Å². The fourth-order valence-corrected chi connectivity index (χ4v) is 2.02. The molecular formula is C15H23NO3. The summed E-state index contributed by atoms with van der Waals surface area (Å²) in [4.78, 5) is 0. The Bertz CT molecular complexity index is 418. The largest absolute Gasteiger partial charge is 0.488 e. The molecule has 1 aromatic rings. The Morgan fingerprint density at radius 2 is 1.89 bits per heavy atom. The third-order valence-electron chi connectivity index (χ3n) is 3.20. The van der Waals surface area contributed by atoms with E-state index in [0.29, 0.717) is 19.6 Å². The van der Waals surface area contributed by atoms with Gasteiger partial charge in [-0.3, -0.25) is 0 Å². The quantitative estimate of drug-likeness (QED) is 0.866. The number of rotatable bonds is 4. The molecule has 0 spiro atoms. The van der Waals surface area contributed by atoms with Gasteiger partial charge in [0.05, 0.1) is 13.2 Å². The van der Waals surface area contributed by atoms with Crippen molar-refractivity contribution in [2.45, 2.75) is 44.4 Å². The highest BCUT2D eigenvalue weighted by Crippen LogP contribution is 2.24. The molecule has 2 rings (SSSR count). The highest BCUT2D eigenvalue weighted by molar-refractivity contribution is 5.28. The molecule has 3 N–H and O–H groups in total. The summed E-state index contributed by atoms with van der Waals surface area (Å²) in [5.41, 5.74) is 6.06. The maximum absolute atomic E-state index is 10.1. The smallest absolute Gasteiger partial charge is 0.126 e. The summed E-state index contributed by atoms with van der Waals surface area (Å²) in [7, 11) is 0. The van der Waals surface area contributed by atoms with Gasteiger partial charge in [-0.25, -0.2) is 0 Å². The molecule has 4 heteroatoms. The zero-order valence-corrected chi connectivity index (χ0v) is 11.8. The molecule has 0 radical (unpaired) electrons. The maximum atomic E-state index is 10.1. The minimum absolute atomic E-state index is 0.198. The predicted octanol–water partition coefficient (Wildman–Crippen LogP) is 1.49. The topological polar surface area (TPSA) is 64.7 Å². The van der Waals surface area contributed by atoms with Gasteiger partial charge in [-0.2, -0.15) is 0 Å². The molecule has 1 saturated heterocycles. The van der Waals surface area contributed by atoms with Crippen LogP contribution < -0.4 is 10.5 Å². The van der Waals surface area contributed by atoms with Crippen LogP contribution in [0, 0.1) is 0 Å². The third-order valence-corrected chi connectivity index (χ3v) is 3.20. The summed E-state index contributed by atoms with van der Waals surface area (Å²) < 4.78 is 10.8. The van der Waals surface area contributed by atoms with Crippen molar-refractivity contribution in [2.24, 2.45) is 5.73 Å². The first-order valence-corrected chi connectivity index (χ1v) is 6.62. The fraction of sp³-hybridized carbons (Fsp3) is 0.600. The van der Waals surface area contributed by atoms with E-state index in [-0.39, 0.29) is 11.6 Å². The van der Waals surface area contributed by atoms with E-state index < -0.39 is 5.60 Å². The van der Waals surface area contributed by atoms with Gasteiger partial charge >= 0.3 is 0 Å². The molecule has 106 valence electrons. The highest BCUT2D eigenvalue weighted by atomic mass is 16.5. The second-order valence-corrected chi connectivity index (χ2v) is 6.27. The summed E-state index contributed by atoms with van der Waals surface area (Å²) in [6.45, 7) is 6.72. The van der Waals surface area contributed by atoms with E-state index in [9.17, 15) is 5.11 Å². The summed E-state index contributed by atoms with van der Waals surface area (Å²) in [5, 5.41) is 10.1. The molecule has 0 unspecified atom stereocenters. The molecule has 0 aromatic heterocycles. The van der Waals surface area contributed by atoms with Crippen molar-refractivity contribution < 1.29 is 14.6 Å². The average molecular weight is 265 g/mol. The summed E-state index contributed by atoms with van der Waals surface area (Å²) >= 11 is 0. The van der Waals surface area contributed by atoms with Crippen molar-refractivity contribution in [3.63, 3.8) is 0 Å². The van der Waals surface area contributed by atoms with Gasteiger partial charge in [-0.15, -0.1) is 0 Å². The molecule has 0 amide bonds. The van der Waals surface area contributed by atoms with Gasteiger partial charge in [0.2, 0.25) is 0 Å². The van der Waals surface area contributed by atoms with Crippen molar-refractivity contribution in [3.8, 4) is 5.75 Å². The van der Waals surface area contributed by atoms with Crippen LogP contribution in [0.15, 0.2) is 24.3 Å². The lowest BCUT2D eigenvalue weighted by molar-refractivity contribution is -0.189. The van der Waals surface area contributed by atoms with Crippen LogP contribution in [0.2, 0.25) is 0 Å². The Morgan fingerprint density at radius 1 is 1.32 bits per heavy atom. The predicted molar refractivity (Wildman–Crippen MR) is 74.3 cm³/mol. The molecule has 19 heavy (non-hydrogen) atoms. The standard InChI is InChI=1S/C15H23NO3/c1-14(2,3)19-12-6-4-11(5-7-12)8-13(16)15(17)9-18-10-15/h4-7,13,17H,8-10,16H2,1-3H3/t13-/m0/s1. The normalized spacial score (nSPS) is 19.6. The lowest BCUT2D eigenvalue weighted by atomic mass is 9.88. The van der Waals surface area contributed by atoms with Gasteiger partial charge < -0.3 is 20.3 Å². The zero-order valence-electron chi connectivity index (χ0n) is 11.8. The molecule has 1 aromatic carbocycles. The van der Waals surface area contributed by atoms with Gasteiger partial charge in [0, 0.05) is 6.04 Å². The molecule has 1 atom stereocenters. The molecule has 0 saturated carbocycles. The Kier molecular flexibility index (Phi) is 3.85. The second kappa shape index (κ2) is 5.12. The summed E-state index contributed by atoms with van der Waals surface area (Å²) in [6.07, 6.45) is 0.635. The van der Waals surface area contributed by atoms with Gasteiger partial charge in [0.15, 0.2) is 0 Å². The van der Waals surface area contributed by atoms with Gasteiger partial charge in [-0.05, 0) is 44.9 Å². The van der Waals surface area contributed by atoms with Gasteiger partial charge in [0.1, 0.15) is 17.0 Å². The van der Waals surface area contributed by atoms with Crippen LogP contribution in [0.3, 0.4) is 0 Å². The molecule has 1 heterocycles. The Morgan fingerprint density at radius 3 is 2.32 bits per heavy atom. The first kappa shape index (κ1) is 14.3. The minimum atomic E-state index is -0.861. The molecular weight excluding hydrogens is 242 g/mol. The number of aliphatic hydroxyl groups is 1. The van der Waals surface area contributed by atoms with E-state index in [2.05, 4.69) is 0 Å². The highest BCUT2D eigenvalue weighted by Gasteiger charge is 2.41. The van der Waals surface area contributed by atoms with E-state index in [1.807, 2.05) is 45.0 Å². The van der Waals surface area contributed by atoms with Gasteiger partial charge in [-0.1, -0.05) is 12.1 Å². The van der Waals surface area contributed by atoms with Gasteiger partial charge in [0.25, 0.3) is 0 Å². The molecule has 4 nitrogen and oxygen atoms in total. The molecule has 0 aliphatic carbocycles. The maximum Gasteiger partial charge on any atom is 0.126 e. The zero-order chi connectivity index (χ0) is 14.1. The van der Waals surface area contributed by atoms with Crippen molar-refractivity contribution >= 4 is 0 Å². The Balaban J connectivity index is 1.95. The second-order valence-electron chi connectivity index (χ2n) is 6.27. The van der Waals surface area contributed by atoms with E-state index >= 15 is 0 Å². The number of benzene rings is 1. The third kappa shape index (κ3) is 3.69. The summed E-state index contributed by atoms with van der Waals surface area (Å²) in [6, 6.07) is 7.56. The van der Waals surface area contributed by atoms with Crippen LogP contribution in [0.1, 0.15) is 26.3 Å². The van der Waals surface area contributed by atoms with Crippen LogP contribution in [-0.2, 0) is 11.2 Å². The van der Waals surface area contributed by atoms with E-state index in [0.717, 1.165) is 11.3 Å². The lowest BCUT2D eigenvalue weighted by Crippen LogP contribution is -2.62. The van der Waals surface area contributed by atoms with Crippen LogP contribution in [0.5, 0.6) is 5.75 Å². The van der Waals surface area contributed by atoms with Crippen LogP contribution >= 0.6 is 0 Å².